The Bertz CT molecular complexity index is 422. The van der Waals surface area contributed by atoms with Gasteiger partial charge in [0.1, 0.15) is 5.78 Å². The zero-order valence-corrected chi connectivity index (χ0v) is 10.9. The number of unbranched alkanes of at least 4 members (excludes halogenated alkanes) is 1. The molecule has 1 aliphatic rings. The van der Waals surface area contributed by atoms with Crippen LogP contribution in [0.1, 0.15) is 49.4 Å². The standard InChI is InChI=1S/C16H20O2/c1-2-3-7-12-10-11-14(17)15(12)16(18)13-8-5-4-6-9-13/h4-6,8-9,12,15H,2-3,7,10-11H2,1H3/t12-,15+/m0/s1. The Morgan fingerprint density at radius 3 is 2.67 bits per heavy atom. The lowest BCUT2D eigenvalue weighted by Crippen LogP contribution is -2.25. The van der Waals surface area contributed by atoms with Gasteiger partial charge in [0, 0.05) is 12.0 Å². The maximum Gasteiger partial charge on any atom is 0.173 e. The molecule has 18 heavy (non-hydrogen) atoms. The van der Waals surface area contributed by atoms with Crippen molar-refractivity contribution >= 4 is 11.6 Å². The number of benzene rings is 1. The minimum atomic E-state index is -0.376. The molecule has 2 atom stereocenters. The molecule has 0 bridgehead atoms. The van der Waals surface area contributed by atoms with Crippen molar-refractivity contribution in [3.8, 4) is 0 Å². The Hall–Kier alpha value is -1.44. The molecule has 0 aliphatic heterocycles. The van der Waals surface area contributed by atoms with Gasteiger partial charge in [0.15, 0.2) is 5.78 Å². The molecule has 0 radical (unpaired) electrons. The number of Topliss-reactive ketones (excluding diaryl/α,β-unsaturated/α-hetero) is 2. The van der Waals surface area contributed by atoms with Crippen molar-refractivity contribution in [1.29, 1.82) is 0 Å². The van der Waals surface area contributed by atoms with Gasteiger partial charge >= 0.3 is 0 Å². The topological polar surface area (TPSA) is 34.1 Å². The van der Waals surface area contributed by atoms with Crippen molar-refractivity contribution in [1.82, 2.24) is 0 Å². The Balaban J connectivity index is 2.14. The molecule has 0 saturated heterocycles. The minimum Gasteiger partial charge on any atom is -0.299 e. The molecular formula is C16H20O2. The molecule has 0 N–H and O–H groups in total. The van der Waals surface area contributed by atoms with Gasteiger partial charge in [-0.3, -0.25) is 9.59 Å². The number of ketones is 2. The highest BCUT2D eigenvalue weighted by Crippen LogP contribution is 2.34. The molecule has 1 fully saturated rings. The normalized spacial score (nSPS) is 23.3. The lowest BCUT2D eigenvalue weighted by atomic mass is 9.85. The summed E-state index contributed by atoms with van der Waals surface area (Å²) in [5.41, 5.74) is 0.680. The molecule has 0 spiro atoms. The molecule has 1 aliphatic carbocycles. The number of hydrogen-bond acceptors (Lipinski definition) is 2. The third-order valence-electron chi connectivity index (χ3n) is 3.85. The zero-order valence-electron chi connectivity index (χ0n) is 10.9. The molecule has 96 valence electrons. The lowest BCUT2D eigenvalue weighted by molar-refractivity contribution is -0.119. The average molecular weight is 244 g/mol. The van der Waals surface area contributed by atoms with Crippen molar-refractivity contribution in [3.05, 3.63) is 35.9 Å². The Kier molecular flexibility index (Phi) is 4.29. The molecule has 2 rings (SSSR count). The predicted molar refractivity (Wildman–Crippen MR) is 71.5 cm³/mol. The van der Waals surface area contributed by atoms with E-state index in [0.717, 1.165) is 25.7 Å². The van der Waals surface area contributed by atoms with E-state index in [2.05, 4.69) is 6.92 Å². The summed E-state index contributed by atoms with van der Waals surface area (Å²) in [4.78, 5) is 24.4. The molecule has 1 saturated carbocycles. The molecule has 2 nitrogen and oxygen atoms in total. The maximum absolute atomic E-state index is 12.4. The van der Waals surface area contributed by atoms with Gasteiger partial charge in [-0.1, -0.05) is 50.1 Å². The van der Waals surface area contributed by atoms with E-state index in [9.17, 15) is 9.59 Å². The van der Waals surface area contributed by atoms with E-state index in [1.165, 1.54) is 0 Å². The van der Waals surface area contributed by atoms with Gasteiger partial charge in [-0.15, -0.1) is 0 Å². The number of carbonyl (C=O) groups excluding carboxylic acids is 2. The van der Waals surface area contributed by atoms with Gasteiger partial charge in [0.2, 0.25) is 0 Å². The third-order valence-corrected chi connectivity index (χ3v) is 3.85. The van der Waals surface area contributed by atoms with Crippen LogP contribution in [0.25, 0.3) is 0 Å². The first-order chi connectivity index (χ1) is 8.74. The Morgan fingerprint density at radius 1 is 1.28 bits per heavy atom. The van der Waals surface area contributed by atoms with E-state index in [1.54, 1.807) is 0 Å². The van der Waals surface area contributed by atoms with Crippen molar-refractivity contribution < 1.29 is 9.59 Å². The van der Waals surface area contributed by atoms with Crippen LogP contribution in [0.2, 0.25) is 0 Å². The number of hydrogen-bond donors (Lipinski definition) is 0. The van der Waals surface area contributed by atoms with E-state index < -0.39 is 0 Å². The number of carbonyl (C=O) groups is 2. The summed E-state index contributed by atoms with van der Waals surface area (Å²) in [6.07, 6.45) is 4.71. The van der Waals surface area contributed by atoms with Gasteiger partial charge in [-0.2, -0.15) is 0 Å². The average Bonchev–Trinajstić information content (AvgIpc) is 2.77. The number of rotatable bonds is 5. The molecule has 0 amide bonds. The van der Waals surface area contributed by atoms with Gasteiger partial charge in [0.25, 0.3) is 0 Å². The first-order valence-corrected chi connectivity index (χ1v) is 6.86. The Labute approximate surface area is 108 Å². The second kappa shape index (κ2) is 5.94. The molecule has 0 aromatic heterocycles. The monoisotopic (exact) mass is 244 g/mol. The van der Waals surface area contributed by atoms with Crippen molar-refractivity contribution in [2.75, 3.05) is 0 Å². The predicted octanol–water partition coefficient (Wildman–Crippen LogP) is 3.65. The highest BCUT2D eigenvalue weighted by atomic mass is 16.2. The molecule has 0 unspecified atom stereocenters. The summed E-state index contributed by atoms with van der Waals surface area (Å²) in [7, 11) is 0. The van der Waals surface area contributed by atoms with Crippen LogP contribution >= 0.6 is 0 Å². The van der Waals surface area contributed by atoms with E-state index in [4.69, 9.17) is 0 Å². The van der Waals surface area contributed by atoms with Crippen molar-refractivity contribution in [2.45, 2.75) is 39.0 Å². The fourth-order valence-corrected chi connectivity index (χ4v) is 2.83. The summed E-state index contributed by atoms with van der Waals surface area (Å²) in [6.45, 7) is 2.14. The molecule has 0 heterocycles. The molecule has 1 aromatic rings. The maximum atomic E-state index is 12.4. The second-order valence-electron chi connectivity index (χ2n) is 5.12. The highest BCUT2D eigenvalue weighted by Gasteiger charge is 2.39. The van der Waals surface area contributed by atoms with Crippen molar-refractivity contribution in [2.24, 2.45) is 11.8 Å². The smallest absolute Gasteiger partial charge is 0.173 e. The second-order valence-corrected chi connectivity index (χ2v) is 5.12. The SMILES string of the molecule is CCCC[C@H]1CCC(=O)[C@@H]1C(=O)c1ccccc1. The summed E-state index contributed by atoms with van der Waals surface area (Å²) in [5.74, 6) is 0.0632. The van der Waals surface area contributed by atoms with E-state index >= 15 is 0 Å². The van der Waals surface area contributed by atoms with Crippen LogP contribution < -0.4 is 0 Å². The third kappa shape index (κ3) is 2.69. The lowest BCUT2D eigenvalue weighted by Gasteiger charge is -2.16. The quantitative estimate of drug-likeness (QED) is 0.585. The van der Waals surface area contributed by atoms with Crippen LogP contribution in [0.5, 0.6) is 0 Å². The van der Waals surface area contributed by atoms with E-state index in [1.807, 2.05) is 30.3 Å². The summed E-state index contributed by atoms with van der Waals surface area (Å²) < 4.78 is 0. The first-order valence-electron chi connectivity index (χ1n) is 6.86. The molecular weight excluding hydrogens is 224 g/mol. The van der Waals surface area contributed by atoms with Crippen LogP contribution in [-0.2, 0) is 4.79 Å². The summed E-state index contributed by atoms with van der Waals surface area (Å²) in [6, 6.07) is 9.22. The van der Waals surface area contributed by atoms with E-state index in [0.29, 0.717) is 12.0 Å². The fraction of sp³-hybridized carbons (Fsp3) is 0.500. The van der Waals surface area contributed by atoms with Gasteiger partial charge in [-0.05, 0) is 18.8 Å². The first kappa shape index (κ1) is 13.0. The molecule has 2 heteroatoms. The van der Waals surface area contributed by atoms with Crippen LogP contribution in [0, 0.1) is 11.8 Å². The van der Waals surface area contributed by atoms with Gasteiger partial charge < -0.3 is 0 Å². The van der Waals surface area contributed by atoms with Gasteiger partial charge in [0.05, 0.1) is 5.92 Å². The summed E-state index contributed by atoms with van der Waals surface area (Å²) in [5, 5.41) is 0. The fourth-order valence-electron chi connectivity index (χ4n) is 2.83. The van der Waals surface area contributed by atoms with Crippen LogP contribution in [0.15, 0.2) is 30.3 Å². The molecule has 1 aromatic carbocycles. The van der Waals surface area contributed by atoms with Crippen LogP contribution in [-0.4, -0.2) is 11.6 Å². The largest absolute Gasteiger partial charge is 0.299 e. The Morgan fingerprint density at radius 2 is 2.00 bits per heavy atom. The zero-order chi connectivity index (χ0) is 13.0. The van der Waals surface area contributed by atoms with E-state index in [-0.39, 0.29) is 23.4 Å². The highest BCUT2D eigenvalue weighted by molar-refractivity contribution is 6.11. The van der Waals surface area contributed by atoms with Crippen molar-refractivity contribution in [3.63, 3.8) is 0 Å². The summed E-state index contributed by atoms with van der Waals surface area (Å²) >= 11 is 0. The van der Waals surface area contributed by atoms with Crippen LogP contribution in [0.4, 0.5) is 0 Å². The van der Waals surface area contributed by atoms with Crippen LogP contribution in [0.3, 0.4) is 0 Å². The van der Waals surface area contributed by atoms with Gasteiger partial charge in [-0.25, -0.2) is 0 Å². The minimum absolute atomic E-state index is 0.0270.